The second kappa shape index (κ2) is 27.4. The number of nitrogens with one attached hydrogen (secondary N) is 7. The SMILES string of the molecule is Cc1ccc(NC(=O)CC(=O)Nc2nc(CNS(C)(=O)=O)c(Sc3ccccn3)s2)c(OCC(C)C)c1.Cc1ccc(NC(=O)CC(=O)Nc2nc(CNS(C)(=O)=O)c(Sc3ncc[nH]3)s2)c(OCC(C)C)c1. The second-order valence-electron chi connectivity index (χ2n) is 16.9. The first-order valence-electron chi connectivity index (χ1n) is 22.3. The molecule has 0 spiro atoms. The molecule has 0 unspecified atom stereocenters. The minimum Gasteiger partial charge on any atom is -0.491 e. The lowest BCUT2D eigenvalue weighted by molar-refractivity contribution is -0.125. The van der Waals surface area contributed by atoms with Gasteiger partial charge in [-0.1, -0.05) is 80.3 Å². The fourth-order valence-electron chi connectivity index (χ4n) is 5.69. The summed E-state index contributed by atoms with van der Waals surface area (Å²) in [6, 6.07) is 16.3. The van der Waals surface area contributed by atoms with Crippen LogP contribution in [-0.2, 0) is 52.3 Å². The highest BCUT2D eigenvalue weighted by Crippen LogP contribution is 2.38. The third-order valence-corrected chi connectivity index (χ3v) is 14.6. The first-order valence-corrected chi connectivity index (χ1v) is 29.3. The Balaban J connectivity index is 0.000000271. The van der Waals surface area contributed by atoms with Crippen LogP contribution in [0.2, 0.25) is 0 Å². The third kappa shape index (κ3) is 21.2. The van der Waals surface area contributed by atoms with Crippen LogP contribution < -0.4 is 40.2 Å². The number of hydrogen-bond donors (Lipinski definition) is 7. The summed E-state index contributed by atoms with van der Waals surface area (Å²) < 4.78 is 63.9. The van der Waals surface area contributed by atoms with Crippen LogP contribution in [0.5, 0.6) is 11.5 Å². The molecular formula is C46H57N11O10S6. The third-order valence-electron chi connectivity index (χ3n) is 8.93. The molecule has 0 bridgehead atoms. The van der Waals surface area contributed by atoms with Crippen LogP contribution in [0.25, 0.3) is 0 Å². The lowest BCUT2D eigenvalue weighted by Crippen LogP contribution is -2.22. The minimum atomic E-state index is -3.45. The number of anilines is 4. The summed E-state index contributed by atoms with van der Waals surface area (Å²) in [4.78, 5) is 70.3. The maximum absolute atomic E-state index is 12.6. The van der Waals surface area contributed by atoms with Gasteiger partial charge < -0.3 is 35.7 Å². The number of H-pyrrole nitrogens is 1. The Kier molecular flexibility index (Phi) is 21.7. The average Bonchev–Trinajstić information content (AvgIpc) is 4.05. The van der Waals surface area contributed by atoms with Crippen molar-refractivity contribution in [2.45, 2.75) is 86.1 Å². The van der Waals surface area contributed by atoms with E-state index in [1.165, 1.54) is 34.9 Å². The molecule has 392 valence electrons. The number of carbonyl (C=O) groups is 4. The van der Waals surface area contributed by atoms with Gasteiger partial charge >= 0.3 is 0 Å². The van der Waals surface area contributed by atoms with Crippen molar-refractivity contribution in [1.29, 1.82) is 0 Å². The molecule has 0 radical (unpaired) electrons. The number of aromatic nitrogens is 5. The summed E-state index contributed by atoms with van der Waals surface area (Å²) in [6.07, 6.45) is 6.13. The van der Waals surface area contributed by atoms with E-state index in [0.717, 1.165) is 35.0 Å². The lowest BCUT2D eigenvalue weighted by atomic mass is 10.2. The molecule has 0 aliphatic carbocycles. The lowest BCUT2D eigenvalue weighted by Gasteiger charge is -2.14. The molecule has 4 amide bonds. The first kappa shape index (κ1) is 58.0. The van der Waals surface area contributed by atoms with Gasteiger partial charge in [0.15, 0.2) is 15.4 Å². The van der Waals surface area contributed by atoms with E-state index in [0.29, 0.717) is 77.9 Å². The molecule has 21 nitrogen and oxygen atoms in total. The molecule has 0 saturated carbocycles. The molecule has 7 N–H and O–H groups in total. The highest BCUT2D eigenvalue weighted by Gasteiger charge is 2.21. The van der Waals surface area contributed by atoms with Gasteiger partial charge in [0, 0.05) is 18.6 Å². The van der Waals surface area contributed by atoms with E-state index < -0.39 is 56.5 Å². The number of aromatic amines is 1. The maximum atomic E-state index is 12.6. The zero-order chi connectivity index (χ0) is 53.3. The van der Waals surface area contributed by atoms with E-state index in [9.17, 15) is 36.0 Å². The topological polar surface area (TPSA) is 295 Å². The molecular weight excluding hydrogens is 1060 g/mol. The number of nitrogens with zero attached hydrogens (tertiary/aromatic N) is 4. The summed E-state index contributed by atoms with van der Waals surface area (Å²) in [6.45, 7) is 12.8. The Labute approximate surface area is 440 Å². The molecule has 0 aliphatic heterocycles. The van der Waals surface area contributed by atoms with Crippen LogP contribution in [-0.4, -0.2) is 91.1 Å². The Morgan fingerprint density at radius 3 is 1.51 bits per heavy atom. The zero-order valence-corrected chi connectivity index (χ0v) is 46.0. The Bertz CT molecular complexity index is 3060. The highest BCUT2D eigenvalue weighted by atomic mass is 32.2. The fraction of sp³-hybridized carbons (Fsp3) is 0.348. The number of hydrogen-bond acceptors (Lipinski definition) is 18. The van der Waals surface area contributed by atoms with E-state index in [2.05, 4.69) is 55.6 Å². The van der Waals surface area contributed by atoms with Gasteiger partial charge in [-0.05, 0) is 85.0 Å². The predicted octanol–water partition coefficient (Wildman–Crippen LogP) is 7.43. The van der Waals surface area contributed by atoms with Crippen molar-refractivity contribution in [3.8, 4) is 11.5 Å². The van der Waals surface area contributed by atoms with Crippen molar-refractivity contribution < 1.29 is 45.5 Å². The Hall–Kier alpha value is -5.94. The summed E-state index contributed by atoms with van der Waals surface area (Å²) >= 11 is 4.88. The van der Waals surface area contributed by atoms with Crippen molar-refractivity contribution >= 4 is 112 Å². The van der Waals surface area contributed by atoms with Gasteiger partial charge in [-0.15, -0.1) is 0 Å². The maximum Gasteiger partial charge on any atom is 0.235 e. The van der Waals surface area contributed by atoms with E-state index in [1.54, 1.807) is 36.8 Å². The second-order valence-corrected chi connectivity index (χ2v) is 25.1. The van der Waals surface area contributed by atoms with Gasteiger partial charge in [-0.3, -0.25) is 19.2 Å². The average molecular weight is 1120 g/mol. The Morgan fingerprint density at radius 2 is 1.10 bits per heavy atom. The molecule has 0 saturated heterocycles. The first-order chi connectivity index (χ1) is 34.5. The molecule has 73 heavy (non-hydrogen) atoms. The van der Waals surface area contributed by atoms with Crippen LogP contribution in [0.15, 0.2) is 91.8 Å². The van der Waals surface area contributed by atoms with Gasteiger partial charge in [0.05, 0.1) is 70.0 Å². The number of imidazole rings is 1. The monoisotopic (exact) mass is 1120 g/mol. The van der Waals surface area contributed by atoms with Crippen molar-refractivity contribution in [1.82, 2.24) is 34.4 Å². The normalized spacial score (nSPS) is 11.4. The van der Waals surface area contributed by atoms with Gasteiger partial charge in [0.2, 0.25) is 43.7 Å². The number of carbonyl (C=O) groups excluding carboxylic acids is 4. The van der Waals surface area contributed by atoms with Crippen LogP contribution in [0.4, 0.5) is 21.6 Å². The minimum absolute atomic E-state index is 0.0482. The quantitative estimate of drug-likeness (QED) is 0.0290. The van der Waals surface area contributed by atoms with Crippen molar-refractivity contribution in [2.75, 3.05) is 47.0 Å². The van der Waals surface area contributed by atoms with E-state index in [1.807, 2.05) is 77.9 Å². The summed E-state index contributed by atoms with van der Waals surface area (Å²) in [5.74, 6) is -0.421. The number of thiazole rings is 2. The number of amides is 4. The molecule has 4 aromatic heterocycles. The number of aryl methyl sites for hydroxylation is 2. The molecule has 4 heterocycles. The van der Waals surface area contributed by atoms with Gasteiger partial charge in [-0.25, -0.2) is 46.2 Å². The summed E-state index contributed by atoms with van der Waals surface area (Å²) in [5.41, 5.74) is 3.81. The number of pyridine rings is 1. The van der Waals surface area contributed by atoms with Crippen LogP contribution in [0.1, 0.15) is 63.1 Å². The fourth-order valence-corrected chi connectivity index (χ4v) is 10.6. The number of ether oxygens (including phenoxy) is 2. The van der Waals surface area contributed by atoms with Crippen molar-refractivity contribution in [2.24, 2.45) is 11.8 Å². The predicted molar refractivity (Wildman–Crippen MR) is 285 cm³/mol. The molecule has 6 rings (SSSR count). The molecule has 0 fully saturated rings. The molecule has 0 atom stereocenters. The van der Waals surface area contributed by atoms with Gasteiger partial charge in [-0.2, -0.15) is 0 Å². The molecule has 27 heteroatoms. The largest absolute Gasteiger partial charge is 0.491 e. The van der Waals surface area contributed by atoms with E-state index in [-0.39, 0.29) is 23.4 Å². The van der Waals surface area contributed by atoms with E-state index >= 15 is 0 Å². The van der Waals surface area contributed by atoms with Gasteiger partial charge in [0.1, 0.15) is 29.4 Å². The summed E-state index contributed by atoms with van der Waals surface area (Å²) in [5, 5.41) is 12.5. The van der Waals surface area contributed by atoms with E-state index in [4.69, 9.17) is 9.47 Å². The highest BCUT2D eigenvalue weighted by molar-refractivity contribution is 8.01. The Morgan fingerprint density at radius 1 is 0.630 bits per heavy atom. The van der Waals surface area contributed by atoms with Crippen molar-refractivity contribution in [3.05, 3.63) is 95.7 Å². The summed E-state index contributed by atoms with van der Waals surface area (Å²) in [7, 11) is -6.89. The number of sulfonamides is 2. The van der Waals surface area contributed by atoms with Crippen LogP contribution >= 0.6 is 46.2 Å². The van der Waals surface area contributed by atoms with Crippen LogP contribution in [0.3, 0.4) is 0 Å². The van der Waals surface area contributed by atoms with Crippen LogP contribution in [0, 0.1) is 25.7 Å². The van der Waals surface area contributed by atoms with Crippen molar-refractivity contribution in [3.63, 3.8) is 0 Å². The number of rotatable bonds is 24. The smallest absolute Gasteiger partial charge is 0.235 e. The van der Waals surface area contributed by atoms with Gasteiger partial charge in [0.25, 0.3) is 0 Å². The molecule has 2 aromatic carbocycles. The molecule has 6 aromatic rings. The number of benzene rings is 2. The zero-order valence-electron chi connectivity index (χ0n) is 41.1. The standard InChI is InChI=1S/C24H29N5O5S3.C22H28N6O5S3/c1-15(2)14-34-19-11-16(3)8-9-17(19)27-20(30)12-21(31)29-24-28-18(13-26-37(4,32)33)23(36-24)35-22-7-5-6-10-25-22;1-13(2)12-33-17-9-14(3)5-6-15(17)26-18(29)10-19(30)28-22-27-16(11-25-36(4,31)32)20(35-22)34-21-23-7-8-24-21/h5-11,15,26H,12-14H2,1-4H3,(H,27,30)(H,28,29,31);5-9,13,25H,10-12H2,1-4H3,(H,23,24)(H,26,29)(H,27,28,30). The molecule has 0 aliphatic rings.